The molecular weight excluding hydrogens is 306 g/mol. The maximum Gasteiger partial charge on any atom is 0.248 e. The highest BCUT2D eigenvalue weighted by Crippen LogP contribution is 2.36. The summed E-state index contributed by atoms with van der Waals surface area (Å²) >= 11 is 0. The Balaban J connectivity index is 1.49. The van der Waals surface area contributed by atoms with Gasteiger partial charge in [-0.05, 0) is 24.8 Å². The predicted molar refractivity (Wildman–Crippen MR) is 90.6 cm³/mol. The van der Waals surface area contributed by atoms with Gasteiger partial charge in [-0.1, -0.05) is 30.3 Å². The molecule has 132 valence electrons. The molecule has 2 aliphatic heterocycles. The average molecular weight is 333 g/mol. The quantitative estimate of drug-likeness (QED) is 0.830. The molecule has 5 nitrogen and oxygen atoms in total. The molecule has 0 aliphatic carbocycles. The largest absolute Gasteiger partial charge is 0.375 e. The first-order valence-corrected chi connectivity index (χ1v) is 8.77. The van der Waals surface area contributed by atoms with Gasteiger partial charge in [0.25, 0.3) is 0 Å². The Morgan fingerprint density at radius 3 is 2.75 bits per heavy atom. The minimum absolute atomic E-state index is 0.0695. The van der Waals surface area contributed by atoms with E-state index in [-0.39, 0.29) is 24.2 Å². The van der Waals surface area contributed by atoms with Crippen molar-refractivity contribution in [2.75, 3.05) is 33.4 Å². The lowest BCUT2D eigenvalue weighted by Crippen LogP contribution is -2.52. The van der Waals surface area contributed by atoms with Crippen molar-refractivity contribution in [2.24, 2.45) is 0 Å². The number of piperidine rings is 1. The monoisotopic (exact) mass is 333 g/mol. The molecule has 0 aromatic heterocycles. The summed E-state index contributed by atoms with van der Waals surface area (Å²) in [5, 5.41) is 0. The van der Waals surface area contributed by atoms with Gasteiger partial charge in [-0.2, -0.15) is 0 Å². The summed E-state index contributed by atoms with van der Waals surface area (Å²) < 4.78 is 17.2. The van der Waals surface area contributed by atoms with Crippen LogP contribution in [-0.4, -0.2) is 55.9 Å². The number of ether oxygens (including phenoxy) is 3. The first-order chi connectivity index (χ1) is 11.7. The van der Waals surface area contributed by atoms with E-state index >= 15 is 0 Å². The molecule has 0 N–H and O–H groups in total. The summed E-state index contributed by atoms with van der Waals surface area (Å²) in [7, 11) is 1.56. The topological polar surface area (TPSA) is 48.0 Å². The Hall–Kier alpha value is -1.43. The zero-order valence-electron chi connectivity index (χ0n) is 14.4. The zero-order valence-corrected chi connectivity index (χ0v) is 14.4. The third-order valence-corrected chi connectivity index (χ3v) is 5.07. The Bertz CT molecular complexity index is 525. The van der Waals surface area contributed by atoms with E-state index in [0.717, 1.165) is 45.4 Å². The van der Waals surface area contributed by atoms with Gasteiger partial charge in [-0.15, -0.1) is 0 Å². The van der Waals surface area contributed by atoms with Crippen molar-refractivity contribution in [1.82, 2.24) is 4.90 Å². The number of hydrogen-bond acceptors (Lipinski definition) is 4. The van der Waals surface area contributed by atoms with Gasteiger partial charge in [0, 0.05) is 33.2 Å². The number of methoxy groups -OCH3 is 1. The Morgan fingerprint density at radius 2 is 2.04 bits per heavy atom. The van der Waals surface area contributed by atoms with Gasteiger partial charge in [-0.25, -0.2) is 0 Å². The summed E-state index contributed by atoms with van der Waals surface area (Å²) in [5.41, 5.74) is 1.08. The van der Waals surface area contributed by atoms with Crippen molar-refractivity contribution in [3.63, 3.8) is 0 Å². The Kier molecular flexibility index (Phi) is 5.87. The van der Waals surface area contributed by atoms with Gasteiger partial charge < -0.3 is 19.1 Å². The molecule has 1 amide bonds. The molecule has 2 fully saturated rings. The number of benzene rings is 1. The lowest BCUT2D eigenvalue weighted by molar-refractivity contribution is -0.164. The van der Waals surface area contributed by atoms with E-state index in [0.29, 0.717) is 6.61 Å². The molecule has 0 radical (unpaired) electrons. The van der Waals surface area contributed by atoms with Crippen LogP contribution in [0.4, 0.5) is 0 Å². The van der Waals surface area contributed by atoms with Crippen LogP contribution in [0.25, 0.3) is 0 Å². The normalized spacial score (nSPS) is 23.4. The van der Waals surface area contributed by atoms with Gasteiger partial charge in [0.15, 0.2) is 0 Å². The van der Waals surface area contributed by atoms with Crippen molar-refractivity contribution in [3.05, 3.63) is 35.9 Å². The number of likely N-dealkylation sites (tertiary alicyclic amines) is 1. The maximum absolute atomic E-state index is 11.9. The van der Waals surface area contributed by atoms with Crippen LogP contribution in [0, 0.1) is 0 Å². The van der Waals surface area contributed by atoms with E-state index in [2.05, 4.69) is 12.1 Å². The maximum atomic E-state index is 11.9. The standard InChI is InChI=1S/C19H27NO4/c1-22-15-18(21)20-10-8-19(9-11-20)13-17(7-12-24-19)23-14-16-5-3-2-4-6-16/h2-6,17H,7-15H2,1H3. The van der Waals surface area contributed by atoms with Crippen LogP contribution in [0.2, 0.25) is 0 Å². The molecule has 24 heavy (non-hydrogen) atoms. The predicted octanol–water partition coefficient (Wildman–Crippen LogP) is 2.39. The Morgan fingerprint density at radius 1 is 1.29 bits per heavy atom. The molecule has 2 saturated heterocycles. The van der Waals surface area contributed by atoms with Crippen LogP contribution in [0.3, 0.4) is 0 Å². The number of rotatable bonds is 5. The van der Waals surface area contributed by atoms with Crippen molar-refractivity contribution < 1.29 is 19.0 Å². The molecule has 1 aromatic carbocycles. The molecule has 3 rings (SSSR count). The second-order valence-electron chi connectivity index (χ2n) is 6.76. The van der Waals surface area contributed by atoms with Crippen LogP contribution < -0.4 is 0 Å². The molecule has 0 bridgehead atoms. The molecule has 1 unspecified atom stereocenters. The summed E-state index contributed by atoms with van der Waals surface area (Å²) in [6.45, 7) is 3.05. The molecule has 0 saturated carbocycles. The summed E-state index contributed by atoms with van der Waals surface area (Å²) in [6, 6.07) is 10.3. The Labute approximate surface area is 143 Å². The van der Waals surface area contributed by atoms with Crippen LogP contribution in [0.5, 0.6) is 0 Å². The highest BCUT2D eigenvalue weighted by Gasteiger charge is 2.41. The highest BCUT2D eigenvalue weighted by molar-refractivity contribution is 5.77. The van der Waals surface area contributed by atoms with Crippen LogP contribution in [0.15, 0.2) is 30.3 Å². The van der Waals surface area contributed by atoms with Crippen molar-refractivity contribution in [2.45, 2.75) is 44.0 Å². The third-order valence-electron chi connectivity index (χ3n) is 5.07. The van der Waals surface area contributed by atoms with Crippen LogP contribution in [0.1, 0.15) is 31.2 Å². The number of carbonyl (C=O) groups excluding carboxylic acids is 1. The number of hydrogen-bond donors (Lipinski definition) is 0. The van der Waals surface area contributed by atoms with Gasteiger partial charge in [0.05, 0.1) is 18.3 Å². The SMILES string of the molecule is COCC(=O)N1CCC2(CC1)CC(OCc1ccccc1)CCO2. The van der Waals surface area contributed by atoms with E-state index in [9.17, 15) is 4.79 Å². The smallest absolute Gasteiger partial charge is 0.248 e. The molecule has 1 aromatic rings. The van der Waals surface area contributed by atoms with Crippen molar-refractivity contribution >= 4 is 5.91 Å². The fourth-order valence-electron chi connectivity index (χ4n) is 3.64. The molecule has 2 aliphatic rings. The van der Waals surface area contributed by atoms with Crippen molar-refractivity contribution in [3.8, 4) is 0 Å². The summed E-state index contributed by atoms with van der Waals surface area (Å²) in [6.07, 6.45) is 3.87. The van der Waals surface area contributed by atoms with Crippen molar-refractivity contribution in [1.29, 1.82) is 0 Å². The molecule has 2 heterocycles. The molecular formula is C19H27NO4. The number of amides is 1. The second-order valence-corrected chi connectivity index (χ2v) is 6.76. The van der Waals surface area contributed by atoms with Gasteiger partial charge in [0.2, 0.25) is 5.91 Å². The highest BCUT2D eigenvalue weighted by atomic mass is 16.5. The van der Waals surface area contributed by atoms with Gasteiger partial charge in [0.1, 0.15) is 6.61 Å². The van der Waals surface area contributed by atoms with E-state index in [1.54, 1.807) is 7.11 Å². The van der Waals surface area contributed by atoms with Gasteiger partial charge >= 0.3 is 0 Å². The summed E-state index contributed by atoms with van der Waals surface area (Å²) in [4.78, 5) is 13.8. The number of nitrogens with zero attached hydrogens (tertiary/aromatic N) is 1. The van der Waals surface area contributed by atoms with E-state index in [1.807, 2.05) is 23.1 Å². The minimum Gasteiger partial charge on any atom is -0.375 e. The third kappa shape index (κ3) is 4.35. The van der Waals surface area contributed by atoms with E-state index in [1.165, 1.54) is 5.56 Å². The fraction of sp³-hybridized carbons (Fsp3) is 0.632. The lowest BCUT2D eigenvalue weighted by Gasteiger charge is -2.46. The first-order valence-electron chi connectivity index (χ1n) is 8.77. The minimum atomic E-state index is -0.122. The second kappa shape index (κ2) is 8.10. The fourth-order valence-corrected chi connectivity index (χ4v) is 3.64. The molecule has 1 spiro atoms. The summed E-state index contributed by atoms with van der Waals surface area (Å²) in [5.74, 6) is 0.0695. The average Bonchev–Trinajstić information content (AvgIpc) is 2.62. The first kappa shape index (κ1) is 17.4. The van der Waals surface area contributed by atoms with Crippen LogP contribution >= 0.6 is 0 Å². The van der Waals surface area contributed by atoms with E-state index in [4.69, 9.17) is 14.2 Å². The van der Waals surface area contributed by atoms with E-state index < -0.39 is 0 Å². The lowest BCUT2D eigenvalue weighted by atomic mass is 9.83. The van der Waals surface area contributed by atoms with Crippen LogP contribution in [-0.2, 0) is 25.6 Å². The van der Waals surface area contributed by atoms with Gasteiger partial charge in [-0.3, -0.25) is 4.79 Å². The number of carbonyl (C=O) groups is 1. The molecule has 5 heteroatoms. The molecule has 1 atom stereocenters. The zero-order chi connectivity index (χ0) is 16.8.